The van der Waals surface area contributed by atoms with Crippen LogP contribution < -0.4 is 14.8 Å². The van der Waals surface area contributed by atoms with Gasteiger partial charge in [-0.3, -0.25) is 4.79 Å². The highest BCUT2D eigenvalue weighted by Crippen LogP contribution is 2.32. The van der Waals surface area contributed by atoms with Crippen molar-refractivity contribution in [2.45, 2.75) is 25.8 Å². The highest BCUT2D eigenvalue weighted by Gasteiger charge is 2.12. The molecule has 0 bridgehead atoms. The van der Waals surface area contributed by atoms with E-state index >= 15 is 0 Å². The molecule has 0 fully saturated rings. The summed E-state index contributed by atoms with van der Waals surface area (Å²) in [5.41, 5.74) is 0.884. The molecule has 1 aromatic carbocycles. The van der Waals surface area contributed by atoms with Gasteiger partial charge in [-0.1, -0.05) is 13.0 Å². The molecule has 2 rings (SSSR count). The maximum Gasteiger partial charge on any atom is 0.244 e. The second kappa shape index (κ2) is 6.67. The molecule has 0 radical (unpaired) electrons. The van der Waals surface area contributed by atoms with Crippen LogP contribution in [0, 0.1) is 12.3 Å². The van der Waals surface area contributed by atoms with Gasteiger partial charge in [-0.2, -0.15) is 0 Å². The second-order valence-corrected chi connectivity index (χ2v) is 4.47. The van der Waals surface area contributed by atoms with E-state index in [4.69, 9.17) is 15.9 Å². The standard InChI is InChI=1S/C16H17NO3/c1-3-5-13(4-2)17-16(18)9-7-12-6-8-14-15(10-12)20-11-19-14/h1,6-10,13H,4-5,11H2,2H3,(H,17,18)/b9-7+. The van der Waals surface area contributed by atoms with E-state index in [1.807, 2.05) is 25.1 Å². The number of hydrogen-bond acceptors (Lipinski definition) is 3. The molecule has 1 aliphatic rings. The Kier molecular flexibility index (Phi) is 4.67. The molecular formula is C16H17NO3. The molecule has 1 unspecified atom stereocenters. The fourth-order valence-corrected chi connectivity index (χ4v) is 1.88. The third-order valence-electron chi connectivity index (χ3n) is 3.03. The monoisotopic (exact) mass is 271 g/mol. The van der Waals surface area contributed by atoms with Gasteiger partial charge in [-0.05, 0) is 30.2 Å². The average Bonchev–Trinajstić information content (AvgIpc) is 2.92. The van der Waals surface area contributed by atoms with E-state index in [0.717, 1.165) is 17.7 Å². The molecule has 1 atom stereocenters. The van der Waals surface area contributed by atoms with Gasteiger partial charge < -0.3 is 14.8 Å². The van der Waals surface area contributed by atoms with Gasteiger partial charge in [-0.25, -0.2) is 0 Å². The largest absolute Gasteiger partial charge is 0.454 e. The number of carbonyl (C=O) groups excluding carboxylic acids is 1. The van der Waals surface area contributed by atoms with Crippen molar-refractivity contribution in [3.8, 4) is 23.8 Å². The zero-order valence-corrected chi connectivity index (χ0v) is 11.4. The summed E-state index contributed by atoms with van der Waals surface area (Å²) >= 11 is 0. The lowest BCUT2D eigenvalue weighted by Crippen LogP contribution is -2.32. The number of hydrogen-bond donors (Lipinski definition) is 1. The second-order valence-electron chi connectivity index (χ2n) is 4.47. The number of benzene rings is 1. The maximum atomic E-state index is 11.8. The Morgan fingerprint density at radius 3 is 3.05 bits per heavy atom. The van der Waals surface area contributed by atoms with Crippen LogP contribution in [0.1, 0.15) is 25.3 Å². The molecule has 1 aliphatic heterocycles. The van der Waals surface area contributed by atoms with Crippen molar-refractivity contribution in [3.63, 3.8) is 0 Å². The first-order chi connectivity index (χ1) is 9.72. The summed E-state index contributed by atoms with van der Waals surface area (Å²) in [4.78, 5) is 11.8. The smallest absolute Gasteiger partial charge is 0.244 e. The first-order valence-electron chi connectivity index (χ1n) is 6.54. The number of terminal acetylenes is 1. The van der Waals surface area contributed by atoms with Crippen LogP contribution in [0.15, 0.2) is 24.3 Å². The highest BCUT2D eigenvalue weighted by atomic mass is 16.7. The lowest BCUT2D eigenvalue weighted by molar-refractivity contribution is -0.117. The molecule has 4 heteroatoms. The van der Waals surface area contributed by atoms with Crippen LogP contribution in [-0.2, 0) is 4.79 Å². The summed E-state index contributed by atoms with van der Waals surface area (Å²) in [6, 6.07) is 5.56. The molecule has 104 valence electrons. The van der Waals surface area contributed by atoms with E-state index in [-0.39, 0.29) is 18.7 Å². The Morgan fingerprint density at radius 2 is 2.30 bits per heavy atom. The van der Waals surface area contributed by atoms with Crippen LogP contribution in [0.3, 0.4) is 0 Å². The zero-order valence-electron chi connectivity index (χ0n) is 11.4. The topological polar surface area (TPSA) is 47.6 Å². The number of ether oxygens (including phenoxy) is 2. The van der Waals surface area contributed by atoms with E-state index in [1.54, 1.807) is 6.08 Å². The Hall–Kier alpha value is -2.41. The lowest BCUT2D eigenvalue weighted by atomic mass is 10.1. The summed E-state index contributed by atoms with van der Waals surface area (Å²) in [6.45, 7) is 2.23. The molecule has 0 saturated carbocycles. The Bertz CT molecular complexity index is 557. The molecule has 1 amide bonds. The minimum Gasteiger partial charge on any atom is -0.454 e. The van der Waals surface area contributed by atoms with Gasteiger partial charge in [0, 0.05) is 18.5 Å². The van der Waals surface area contributed by atoms with Crippen LogP contribution in [0.25, 0.3) is 6.08 Å². The molecule has 0 spiro atoms. The summed E-state index contributed by atoms with van der Waals surface area (Å²) in [7, 11) is 0. The van der Waals surface area contributed by atoms with E-state index in [0.29, 0.717) is 12.2 Å². The molecule has 4 nitrogen and oxygen atoms in total. The van der Waals surface area contributed by atoms with E-state index in [1.165, 1.54) is 6.08 Å². The number of rotatable bonds is 5. The van der Waals surface area contributed by atoms with Gasteiger partial charge in [0.15, 0.2) is 11.5 Å². The van der Waals surface area contributed by atoms with Gasteiger partial charge in [0.25, 0.3) is 0 Å². The molecule has 20 heavy (non-hydrogen) atoms. The molecule has 1 N–H and O–H groups in total. The number of fused-ring (bicyclic) bond motifs is 1. The van der Waals surface area contributed by atoms with Gasteiger partial charge in [0.1, 0.15) is 0 Å². The number of carbonyl (C=O) groups is 1. The number of nitrogens with one attached hydrogen (secondary N) is 1. The Labute approximate surface area is 118 Å². The van der Waals surface area contributed by atoms with Crippen molar-refractivity contribution >= 4 is 12.0 Å². The van der Waals surface area contributed by atoms with E-state index in [9.17, 15) is 4.79 Å². The Morgan fingerprint density at radius 1 is 1.50 bits per heavy atom. The van der Waals surface area contributed by atoms with Crippen molar-refractivity contribution in [2.24, 2.45) is 0 Å². The maximum absolute atomic E-state index is 11.8. The average molecular weight is 271 g/mol. The quantitative estimate of drug-likeness (QED) is 0.660. The van der Waals surface area contributed by atoms with Crippen LogP contribution in [-0.4, -0.2) is 18.7 Å². The molecule has 0 aliphatic carbocycles. The lowest BCUT2D eigenvalue weighted by Gasteiger charge is -2.12. The van der Waals surface area contributed by atoms with Crippen molar-refractivity contribution < 1.29 is 14.3 Å². The van der Waals surface area contributed by atoms with Crippen LogP contribution in [0.2, 0.25) is 0 Å². The van der Waals surface area contributed by atoms with Gasteiger partial charge >= 0.3 is 0 Å². The summed E-state index contributed by atoms with van der Waals surface area (Å²) < 4.78 is 10.5. The predicted molar refractivity (Wildman–Crippen MR) is 77.3 cm³/mol. The SMILES string of the molecule is C#CCC(CC)NC(=O)/C=C/c1ccc2c(c1)OCO2. The zero-order chi connectivity index (χ0) is 14.4. The van der Waals surface area contributed by atoms with Crippen molar-refractivity contribution in [1.82, 2.24) is 5.32 Å². The van der Waals surface area contributed by atoms with Crippen molar-refractivity contribution in [1.29, 1.82) is 0 Å². The third-order valence-corrected chi connectivity index (χ3v) is 3.03. The normalized spacial score (nSPS) is 14.0. The minimum atomic E-state index is -0.148. The van der Waals surface area contributed by atoms with Crippen LogP contribution in [0.5, 0.6) is 11.5 Å². The minimum absolute atomic E-state index is 0.0221. The fraction of sp³-hybridized carbons (Fsp3) is 0.312. The summed E-state index contributed by atoms with van der Waals surface area (Å²) in [5, 5.41) is 2.87. The molecule has 0 saturated heterocycles. The third kappa shape index (κ3) is 3.55. The van der Waals surface area contributed by atoms with Crippen LogP contribution in [0.4, 0.5) is 0 Å². The Balaban J connectivity index is 1.95. The van der Waals surface area contributed by atoms with Gasteiger partial charge in [0.2, 0.25) is 12.7 Å². The summed E-state index contributed by atoms with van der Waals surface area (Å²) in [6.07, 6.45) is 9.84. The highest BCUT2D eigenvalue weighted by molar-refractivity contribution is 5.92. The fourth-order valence-electron chi connectivity index (χ4n) is 1.88. The first-order valence-corrected chi connectivity index (χ1v) is 6.54. The first kappa shape index (κ1) is 14.0. The van der Waals surface area contributed by atoms with Crippen molar-refractivity contribution in [3.05, 3.63) is 29.8 Å². The summed E-state index contributed by atoms with van der Waals surface area (Å²) in [5.74, 6) is 3.84. The predicted octanol–water partition coefficient (Wildman–Crippen LogP) is 2.35. The molecular weight excluding hydrogens is 254 g/mol. The molecule has 1 heterocycles. The van der Waals surface area contributed by atoms with Crippen molar-refractivity contribution in [2.75, 3.05) is 6.79 Å². The van der Waals surface area contributed by atoms with E-state index in [2.05, 4.69) is 11.2 Å². The van der Waals surface area contributed by atoms with Gasteiger partial charge in [0.05, 0.1) is 0 Å². The molecule has 1 aromatic rings. The van der Waals surface area contributed by atoms with Gasteiger partial charge in [-0.15, -0.1) is 12.3 Å². The van der Waals surface area contributed by atoms with Crippen LogP contribution >= 0.6 is 0 Å². The molecule has 0 aromatic heterocycles. The van der Waals surface area contributed by atoms with E-state index < -0.39 is 0 Å². The number of amides is 1.